The fourth-order valence-electron chi connectivity index (χ4n) is 5.52. The monoisotopic (exact) mass is 398 g/mol. The molecule has 3 aliphatic rings. The van der Waals surface area contributed by atoms with E-state index in [1.54, 1.807) is 0 Å². The molecule has 160 valence electrons. The molecule has 0 spiro atoms. The van der Waals surface area contributed by atoms with Crippen molar-refractivity contribution in [2.24, 2.45) is 5.92 Å². The number of amides is 2. The lowest BCUT2D eigenvalue weighted by Crippen LogP contribution is -2.39. The highest BCUT2D eigenvalue weighted by Crippen LogP contribution is 2.30. The van der Waals surface area contributed by atoms with Crippen molar-refractivity contribution >= 4 is 17.4 Å². The van der Waals surface area contributed by atoms with Gasteiger partial charge in [-0.15, -0.1) is 0 Å². The number of anilines is 2. The Hall–Kier alpha value is -1.75. The quantitative estimate of drug-likeness (QED) is 0.752. The van der Waals surface area contributed by atoms with E-state index < -0.39 is 0 Å². The first kappa shape index (κ1) is 20.5. The van der Waals surface area contributed by atoms with Crippen LogP contribution in [0.5, 0.6) is 0 Å². The number of urea groups is 1. The third-order valence-corrected chi connectivity index (χ3v) is 7.34. The molecule has 2 heterocycles. The van der Waals surface area contributed by atoms with E-state index in [-0.39, 0.29) is 6.03 Å². The zero-order chi connectivity index (χ0) is 20.2. The van der Waals surface area contributed by atoms with Crippen molar-refractivity contribution in [2.75, 3.05) is 36.4 Å². The Balaban J connectivity index is 1.29. The number of hydrogen-bond donors (Lipinski definition) is 2. The molecule has 5 heteroatoms. The average molecular weight is 399 g/mol. The maximum atomic E-state index is 12.3. The smallest absolute Gasteiger partial charge is 0.319 e. The van der Waals surface area contributed by atoms with Crippen LogP contribution in [0, 0.1) is 12.8 Å². The van der Waals surface area contributed by atoms with Gasteiger partial charge < -0.3 is 15.5 Å². The SMILES string of the molecule is Cc1cc(N2CC[C@H](N3CCC[C@@H]3C)C2)ccc1NC(=O)NCC1CCCCC1. The lowest BCUT2D eigenvalue weighted by Gasteiger charge is -2.28. The number of likely N-dealkylation sites (tertiary alicyclic amines) is 1. The summed E-state index contributed by atoms with van der Waals surface area (Å²) in [5.74, 6) is 0.652. The van der Waals surface area contributed by atoms with E-state index in [1.165, 1.54) is 63.6 Å². The van der Waals surface area contributed by atoms with Crippen molar-refractivity contribution in [3.63, 3.8) is 0 Å². The molecule has 2 N–H and O–H groups in total. The molecule has 5 nitrogen and oxygen atoms in total. The van der Waals surface area contributed by atoms with Gasteiger partial charge in [0.2, 0.25) is 0 Å². The summed E-state index contributed by atoms with van der Waals surface area (Å²) in [6.07, 6.45) is 10.4. The number of nitrogens with one attached hydrogen (secondary N) is 2. The van der Waals surface area contributed by atoms with Gasteiger partial charge in [0, 0.05) is 43.1 Å². The molecule has 1 saturated carbocycles. The Bertz CT molecular complexity index is 700. The number of benzene rings is 1. The molecule has 0 unspecified atom stereocenters. The summed E-state index contributed by atoms with van der Waals surface area (Å²) in [5.41, 5.74) is 3.33. The number of nitrogens with zero attached hydrogens (tertiary/aromatic N) is 2. The number of carbonyl (C=O) groups excluding carboxylic acids is 1. The van der Waals surface area contributed by atoms with E-state index in [0.29, 0.717) is 12.0 Å². The molecular weight excluding hydrogens is 360 g/mol. The lowest BCUT2D eigenvalue weighted by molar-refractivity contribution is 0.204. The van der Waals surface area contributed by atoms with Gasteiger partial charge in [0.05, 0.1) is 0 Å². The third-order valence-electron chi connectivity index (χ3n) is 7.34. The van der Waals surface area contributed by atoms with Gasteiger partial charge in [-0.05, 0) is 82.2 Å². The van der Waals surface area contributed by atoms with Gasteiger partial charge in [-0.25, -0.2) is 4.79 Å². The van der Waals surface area contributed by atoms with Crippen LogP contribution < -0.4 is 15.5 Å². The van der Waals surface area contributed by atoms with E-state index in [9.17, 15) is 4.79 Å². The highest BCUT2D eigenvalue weighted by Gasteiger charge is 2.33. The molecule has 2 aliphatic heterocycles. The number of aryl methyl sites for hydroxylation is 1. The van der Waals surface area contributed by atoms with Crippen LogP contribution in [-0.4, -0.2) is 49.2 Å². The van der Waals surface area contributed by atoms with E-state index in [4.69, 9.17) is 0 Å². The third kappa shape index (κ3) is 5.06. The van der Waals surface area contributed by atoms with Crippen LogP contribution in [0.25, 0.3) is 0 Å². The van der Waals surface area contributed by atoms with Crippen molar-refractivity contribution in [3.8, 4) is 0 Å². The molecule has 2 saturated heterocycles. The summed E-state index contributed by atoms with van der Waals surface area (Å²) in [6, 6.07) is 7.81. The van der Waals surface area contributed by atoms with Gasteiger partial charge in [0.25, 0.3) is 0 Å². The molecular formula is C24H38N4O. The first-order valence-corrected chi connectivity index (χ1v) is 11.8. The van der Waals surface area contributed by atoms with Crippen LogP contribution in [0.1, 0.15) is 63.9 Å². The minimum Gasteiger partial charge on any atom is -0.370 e. The molecule has 29 heavy (non-hydrogen) atoms. The first-order valence-electron chi connectivity index (χ1n) is 11.8. The molecule has 1 aromatic carbocycles. The highest BCUT2D eigenvalue weighted by atomic mass is 16.2. The van der Waals surface area contributed by atoms with Gasteiger partial charge in [0.15, 0.2) is 0 Å². The van der Waals surface area contributed by atoms with Crippen LogP contribution in [-0.2, 0) is 0 Å². The lowest BCUT2D eigenvalue weighted by atomic mass is 9.89. The maximum Gasteiger partial charge on any atom is 0.319 e. The van der Waals surface area contributed by atoms with Gasteiger partial charge in [-0.1, -0.05) is 19.3 Å². The molecule has 4 rings (SSSR count). The van der Waals surface area contributed by atoms with Crippen molar-refractivity contribution in [1.82, 2.24) is 10.2 Å². The average Bonchev–Trinajstić information content (AvgIpc) is 3.37. The van der Waals surface area contributed by atoms with Crippen molar-refractivity contribution in [3.05, 3.63) is 23.8 Å². The van der Waals surface area contributed by atoms with Gasteiger partial charge in [-0.2, -0.15) is 0 Å². The molecule has 0 bridgehead atoms. The van der Waals surface area contributed by atoms with Gasteiger partial charge in [-0.3, -0.25) is 4.90 Å². The molecule has 0 aromatic heterocycles. The van der Waals surface area contributed by atoms with Crippen molar-refractivity contribution in [1.29, 1.82) is 0 Å². The van der Waals surface area contributed by atoms with Crippen LogP contribution in [0.4, 0.5) is 16.2 Å². The topological polar surface area (TPSA) is 47.6 Å². The number of rotatable bonds is 5. The second kappa shape index (κ2) is 9.38. The van der Waals surface area contributed by atoms with Crippen LogP contribution >= 0.6 is 0 Å². The molecule has 2 amide bonds. The number of carbonyl (C=O) groups is 1. The van der Waals surface area contributed by atoms with E-state index >= 15 is 0 Å². The number of hydrogen-bond acceptors (Lipinski definition) is 3. The Morgan fingerprint density at radius 1 is 1.07 bits per heavy atom. The zero-order valence-electron chi connectivity index (χ0n) is 18.3. The molecule has 1 aliphatic carbocycles. The summed E-state index contributed by atoms with van der Waals surface area (Å²) in [7, 11) is 0. The summed E-state index contributed by atoms with van der Waals surface area (Å²) < 4.78 is 0. The maximum absolute atomic E-state index is 12.3. The van der Waals surface area contributed by atoms with E-state index in [2.05, 4.69) is 52.5 Å². The van der Waals surface area contributed by atoms with E-state index in [0.717, 1.165) is 36.9 Å². The zero-order valence-corrected chi connectivity index (χ0v) is 18.3. The highest BCUT2D eigenvalue weighted by molar-refractivity contribution is 5.90. The van der Waals surface area contributed by atoms with Gasteiger partial charge in [0.1, 0.15) is 0 Å². The van der Waals surface area contributed by atoms with Crippen molar-refractivity contribution < 1.29 is 4.79 Å². The Labute approximate surface area is 176 Å². The molecule has 2 atom stereocenters. The summed E-state index contributed by atoms with van der Waals surface area (Å²) >= 11 is 0. The fourth-order valence-corrected chi connectivity index (χ4v) is 5.52. The Kier molecular flexibility index (Phi) is 6.63. The van der Waals surface area contributed by atoms with Gasteiger partial charge >= 0.3 is 6.03 Å². The molecule has 1 aromatic rings. The second-order valence-electron chi connectivity index (χ2n) is 9.46. The minimum atomic E-state index is -0.0734. The minimum absolute atomic E-state index is 0.0734. The largest absolute Gasteiger partial charge is 0.370 e. The van der Waals surface area contributed by atoms with Crippen molar-refractivity contribution in [2.45, 2.75) is 77.3 Å². The predicted molar refractivity (Wildman–Crippen MR) is 121 cm³/mol. The molecule has 3 fully saturated rings. The first-order chi connectivity index (χ1) is 14.1. The van der Waals surface area contributed by atoms with Crippen LogP contribution in [0.15, 0.2) is 18.2 Å². The Morgan fingerprint density at radius 2 is 1.90 bits per heavy atom. The predicted octanol–water partition coefficient (Wildman–Crippen LogP) is 4.76. The second-order valence-corrected chi connectivity index (χ2v) is 9.46. The Morgan fingerprint density at radius 3 is 2.62 bits per heavy atom. The molecule has 0 radical (unpaired) electrons. The fraction of sp³-hybridized carbons (Fsp3) is 0.708. The summed E-state index contributed by atoms with van der Waals surface area (Å²) in [4.78, 5) is 17.5. The summed E-state index contributed by atoms with van der Waals surface area (Å²) in [6.45, 7) is 8.78. The normalized spacial score (nSPS) is 26.1. The summed E-state index contributed by atoms with van der Waals surface area (Å²) in [5, 5.41) is 6.12. The van der Waals surface area contributed by atoms with Crippen LogP contribution in [0.3, 0.4) is 0 Å². The van der Waals surface area contributed by atoms with Crippen LogP contribution in [0.2, 0.25) is 0 Å². The van der Waals surface area contributed by atoms with E-state index in [1.807, 2.05) is 0 Å². The standard InChI is InChI=1S/C24H38N4O/c1-18-15-21(27-14-12-22(17-27)28-13-6-7-19(28)2)10-11-23(18)26-24(29)25-16-20-8-4-3-5-9-20/h10-11,15,19-20,22H,3-9,12-14,16-17H2,1-2H3,(H2,25,26,29)/t19-,22-/m0/s1.